The summed E-state index contributed by atoms with van der Waals surface area (Å²) in [5.74, 6) is 0.754. The maximum atomic E-state index is 12.2. The number of nitrogens with zero attached hydrogens (tertiary/aromatic N) is 1. The van der Waals surface area contributed by atoms with E-state index in [2.05, 4.69) is 22.6 Å². The molecule has 0 N–H and O–H groups in total. The third-order valence-electron chi connectivity index (χ3n) is 2.56. The zero-order valence-electron chi connectivity index (χ0n) is 11.4. The molecule has 1 aromatic heterocycles. The van der Waals surface area contributed by atoms with Crippen molar-refractivity contribution in [1.82, 2.24) is 4.57 Å². The zero-order valence-corrected chi connectivity index (χ0v) is 13.5. The topological polar surface area (TPSA) is 40.5 Å². The number of fused-ring (bicyclic) bond motifs is 1. The van der Waals surface area contributed by atoms with E-state index in [1.807, 2.05) is 39.0 Å². The van der Waals surface area contributed by atoms with Gasteiger partial charge < -0.3 is 9.47 Å². The van der Waals surface area contributed by atoms with Crippen LogP contribution in [0.15, 0.2) is 24.4 Å². The Hall–Kier alpha value is -1.24. The van der Waals surface area contributed by atoms with Crippen molar-refractivity contribution < 1.29 is 14.3 Å². The molecule has 0 aliphatic heterocycles. The Morgan fingerprint density at radius 1 is 1.32 bits per heavy atom. The molecule has 0 radical (unpaired) electrons. The Morgan fingerprint density at radius 3 is 2.58 bits per heavy atom. The summed E-state index contributed by atoms with van der Waals surface area (Å²) in [6, 6.07) is 5.62. The minimum atomic E-state index is -0.516. The molecule has 0 saturated heterocycles. The fourth-order valence-corrected chi connectivity index (χ4v) is 2.66. The largest absolute Gasteiger partial charge is 0.496 e. The van der Waals surface area contributed by atoms with Gasteiger partial charge in [0.2, 0.25) is 0 Å². The highest BCUT2D eigenvalue weighted by atomic mass is 127. The second-order valence-electron chi connectivity index (χ2n) is 5.18. The number of hydrogen-bond acceptors (Lipinski definition) is 3. The number of rotatable bonds is 1. The summed E-state index contributed by atoms with van der Waals surface area (Å²) in [7, 11) is 1.62. The molecule has 19 heavy (non-hydrogen) atoms. The van der Waals surface area contributed by atoms with Crippen molar-refractivity contribution in [3.63, 3.8) is 0 Å². The van der Waals surface area contributed by atoms with E-state index in [0.717, 1.165) is 20.2 Å². The van der Waals surface area contributed by atoms with Crippen molar-refractivity contribution in [3.8, 4) is 5.75 Å². The molecule has 0 fully saturated rings. The van der Waals surface area contributed by atoms with Crippen LogP contribution in [0, 0.1) is 3.57 Å². The van der Waals surface area contributed by atoms with Crippen molar-refractivity contribution in [3.05, 3.63) is 28.0 Å². The number of hydrogen-bond donors (Lipinski definition) is 0. The Labute approximate surface area is 125 Å². The lowest BCUT2D eigenvalue weighted by molar-refractivity contribution is 0.0544. The zero-order chi connectivity index (χ0) is 14.2. The predicted octanol–water partition coefficient (Wildman–Crippen LogP) is 4.04. The first-order valence-corrected chi connectivity index (χ1v) is 6.98. The Morgan fingerprint density at radius 2 is 2.00 bits per heavy atom. The SMILES string of the molecule is COc1cccc2c1c(I)cn2C(=O)OC(C)(C)C. The van der Waals surface area contributed by atoms with Crippen LogP contribution in [-0.4, -0.2) is 23.4 Å². The molecule has 5 heteroatoms. The van der Waals surface area contributed by atoms with Crippen molar-refractivity contribution in [1.29, 1.82) is 0 Å². The smallest absolute Gasteiger partial charge is 0.419 e. The molecule has 1 heterocycles. The predicted molar refractivity (Wildman–Crippen MR) is 82.8 cm³/mol. The Kier molecular flexibility index (Phi) is 3.75. The van der Waals surface area contributed by atoms with Crippen LogP contribution >= 0.6 is 22.6 Å². The standard InChI is InChI=1S/C14H16INO3/c1-14(2,3)19-13(17)16-8-9(15)12-10(16)6-5-7-11(12)18-4/h5-8H,1-4H3. The lowest BCUT2D eigenvalue weighted by Crippen LogP contribution is -2.26. The first-order valence-electron chi connectivity index (χ1n) is 5.90. The van der Waals surface area contributed by atoms with Crippen LogP contribution in [0.5, 0.6) is 5.75 Å². The van der Waals surface area contributed by atoms with E-state index in [9.17, 15) is 4.79 Å². The van der Waals surface area contributed by atoms with Gasteiger partial charge in [-0.25, -0.2) is 4.79 Å². The fraction of sp³-hybridized carbons (Fsp3) is 0.357. The normalized spacial score (nSPS) is 11.6. The van der Waals surface area contributed by atoms with Crippen LogP contribution in [-0.2, 0) is 4.74 Å². The lowest BCUT2D eigenvalue weighted by atomic mass is 10.2. The molecule has 0 aliphatic rings. The molecule has 0 spiro atoms. The monoisotopic (exact) mass is 373 g/mol. The minimum absolute atomic E-state index is 0.381. The van der Waals surface area contributed by atoms with Gasteiger partial charge in [0.15, 0.2) is 0 Å². The van der Waals surface area contributed by atoms with Gasteiger partial charge in [-0.15, -0.1) is 0 Å². The summed E-state index contributed by atoms with van der Waals surface area (Å²) < 4.78 is 13.2. The highest BCUT2D eigenvalue weighted by molar-refractivity contribution is 14.1. The molecule has 2 aromatic rings. The van der Waals surface area contributed by atoms with E-state index in [1.54, 1.807) is 13.3 Å². The molecule has 0 atom stereocenters. The maximum absolute atomic E-state index is 12.2. The first kappa shape index (κ1) is 14.2. The van der Waals surface area contributed by atoms with Gasteiger partial charge in [0, 0.05) is 9.77 Å². The molecule has 1 aromatic carbocycles. The van der Waals surface area contributed by atoms with Gasteiger partial charge in [0.25, 0.3) is 0 Å². The van der Waals surface area contributed by atoms with Crippen molar-refractivity contribution >= 4 is 39.6 Å². The summed E-state index contributed by atoms with van der Waals surface area (Å²) >= 11 is 2.19. The molecule has 0 saturated carbocycles. The Bertz CT molecular complexity index is 625. The van der Waals surface area contributed by atoms with Crippen LogP contribution in [0.25, 0.3) is 10.9 Å². The highest BCUT2D eigenvalue weighted by Crippen LogP contribution is 2.31. The van der Waals surface area contributed by atoms with Crippen molar-refractivity contribution in [2.45, 2.75) is 26.4 Å². The average Bonchev–Trinajstić information content (AvgIpc) is 2.65. The van der Waals surface area contributed by atoms with E-state index < -0.39 is 5.60 Å². The third-order valence-corrected chi connectivity index (χ3v) is 3.37. The number of ether oxygens (including phenoxy) is 2. The van der Waals surface area contributed by atoms with Gasteiger partial charge >= 0.3 is 6.09 Å². The van der Waals surface area contributed by atoms with Crippen LogP contribution in [0.3, 0.4) is 0 Å². The quantitative estimate of drug-likeness (QED) is 0.709. The highest BCUT2D eigenvalue weighted by Gasteiger charge is 2.21. The molecular formula is C14H16INO3. The van der Waals surface area contributed by atoms with E-state index in [-0.39, 0.29) is 6.09 Å². The number of halogens is 1. The van der Waals surface area contributed by atoms with Gasteiger partial charge in [0.05, 0.1) is 18.0 Å². The number of benzene rings is 1. The van der Waals surface area contributed by atoms with Gasteiger partial charge in [-0.1, -0.05) is 6.07 Å². The van der Waals surface area contributed by atoms with Crippen LogP contribution in [0.2, 0.25) is 0 Å². The van der Waals surface area contributed by atoms with Gasteiger partial charge in [-0.3, -0.25) is 4.57 Å². The summed E-state index contributed by atoms with van der Waals surface area (Å²) in [5, 5.41) is 0.927. The minimum Gasteiger partial charge on any atom is -0.496 e. The second-order valence-corrected chi connectivity index (χ2v) is 6.34. The van der Waals surface area contributed by atoms with Crippen molar-refractivity contribution in [2.24, 2.45) is 0 Å². The summed E-state index contributed by atoms with van der Waals surface area (Å²) in [5.41, 5.74) is 0.274. The van der Waals surface area contributed by atoms with Crippen LogP contribution < -0.4 is 4.74 Å². The molecule has 2 rings (SSSR count). The molecule has 4 nitrogen and oxygen atoms in total. The first-order chi connectivity index (χ1) is 8.83. The molecular weight excluding hydrogens is 357 g/mol. The second kappa shape index (κ2) is 5.03. The van der Waals surface area contributed by atoms with Gasteiger partial charge in [-0.2, -0.15) is 0 Å². The van der Waals surface area contributed by atoms with E-state index in [0.29, 0.717) is 0 Å². The lowest BCUT2D eigenvalue weighted by Gasteiger charge is -2.19. The fourth-order valence-electron chi connectivity index (χ4n) is 1.84. The number of carbonyl (C=O) groups is 1. The van der Waals surface area contributed by atoms with Crippen LogP contribution in [0.4, 0.5) is 4.79 Å². The Balaban J connectivity index is 2.54. The summed E-state index contributed by atoms with van der Waals surface area (Å²) in [6.07, 6.45) is 1.38. The summed E-state index contributed by atoms with van der Waals surface area (Å²) in [6.45, 7) is 5.55. The van der Waals surface area contributed by atoms with Crippen LogP contribution in [0.1, 0.15) is 20.8 Å². The molecule has 0 bridgehead atoms. The maximum Gasteiger partial charge on any atom is 0.419 e. The number of methoxy groups -OCH3 is 1. The molecule has 102 valence electrons. The van der Waals surface area contributed by atoms with Crippen molar-refractivity contribution in [2.75, 3.05) is 7.11 Å². The molecule has 0 unspecified atom stereocenters. The number of carbonyl (C=O) groups excluding carboxylic acids is 1. The van der Waals surface area contributed by atoms with E-state index >= 15 is 0 Å². The van der Waals surface area contributed by atoms with Gasteiger partial charge in [-0.05, 0) is 55.5 Å². The molecule has 0 aliphatic carbocycles. The third kappa shape index (κ3) is 2.86. The van der Waals surface area contributed by atoms with E-state index in [4.69, 9.17) is 9.47 Å². The van der Waals surface area contributed by atoms with E-state index in [1.165, 1.54) is 4.57 Å². The van der Waals surface area contributed by atoms with Gasteiger partial charge in [0.1, 0.15) is 11.4 Å². The molecule has 0 amide bonds. The average molecular weight is 373 g/mol. The summed E-state index contributed by atoms with van der Waals surface area (Å²) in [4.78, 5) is 12.2. The number of aromatic nitrogens is 1.